The molecule has 0 unspecified atom stereocenters. The van der Waals surface area contributed by atoms with Crippen molar-refractivity contribution < 1.29 is 8.42 Å². The predicted molar refractivity (Wildman–Crippen MR) is 82.7 cm³/mol. The molecular weight excluding hydrogens is 272 g/mol. The minimum Gasteiger partial charge on any atom is -0.385 e. The van der Waals surface area contributed by atoms with Gasteiger partial charge in [-0.25, -0.2) is 8.42 Å². The maximum absolute atomic E-state index is 12.8. The van der Waals surface area contributed by atoms with Crippen molar-refractivity contribution >= 4 is 15.7 Å². The summed E-state index contributed by atoms with van der Waals surface area (Å²) in [7, 11) is -3.35. The SMILES string of the molecule is CCNc1cc(C)c(S(=O)(=O)N2CCCCC2)c(C)c1. The second kappa shape index (κ2) is 6.14. The molecule has 0 aromatic heterocycles. The highest BCUT2D eigenvalue weighted by Gasteiger charge is 2.28. The summed E-state index contributed by atoms with van der Waals surface area (Å²) < 4.78 is 27.2. The molecule has 0 saturated carbocycles. The molecule has 1 N–H and O–H groups in total. The first-order valence-electron chi connectivity index (χ1n) is 7.32. The number of hydrogen-bond acceptors (Lipinski definition) is 3. The second-order valence-corrected chi connectivity index (χ2v) is 7.31. The van der Waals surface area contributed by atoms with Crippen LogP contribution < -0.4 is 5.32 Å². The first-order valence-corrected chi connectivity index (χ1v) is 8.76. The molecule has 1 heterocycles. The Morgan fingerprint density at radius 1 is 1.10 bits per heavy atom. The Morgan fingerprint density at radius 3 is 2.15 bits per heavy atom. The van der Waals surface area contributed by atoms with E-state index < -0.39 is 10.0 Å². The summed E-state index contributed by atoms with van der Waals surface area (Å²) in [4.78, 5) is 0.487. The van der Waals surface area contributed by atoms with Gasteiger partial charge in [0.15, 0.2) is 0 Å². The van der Waals surface area contributed by atoms with Gasteiger partial charge in [-0.1, -0.05) is 6.42 Å². The highest BCUT2D eigenvalue weighted by Crippen LogP contribution is 2.28. The summed E-state index contributed by atoms with van der Waals surface area (Å²) in [6, 6.07) is 3.85. The molecule has 1 aromatic rings. The van der Waals surface area contributed by atoms with Crippen molar-refractivity contribution in [2.45, 2.75) is 44.9 Å². The van der Waals surface area contributed by atoms with Crippen LogP contribution in [-0.4, -0.2) is 32.4 Å². The summed E-state index contributed by atoms with van der Waals surface area (Å²) in [5, 5.41) is 3.24. The minimum atomic E-state index is -3.35. The molecule has 1 aromatic carbocycles. The molecule has 5 heteroatoms. The van der Waals surface area contributed by atoms with Crippen molar-refractivity contribution in [3.63, 3.8) is 0 Å². The molecule has 1 aliphatic rings. The topological polar surface area (TPSA) is 49.4 Å². The average Bonchev–Trinajstić information content (AvgIpc) is 2.39. The van der Waals surface area contributed by atoms with E-state index in [4.69, 9.17) is 0 Å². The Bertz CT molecular complexity index is 553. The van der Waals surface area contributed by atoms with Crippen LogP contribution in [0, 0.1) is 13.8 Å². The van der Waals surface area contributed by atoms with E-state index in [2.05, 4.69) is 5.32 Å². The van der Waals surface area contributed by atoms with Crippen LogP contribution in [0.3, 0.4) is 0 Å². The molecular formula is C15H24N2O2S. The van der Waals surface area contributed by atoms with Gasteiger partial charge in [0.1, 0.15) is 0 Å². The molecule has 1 fully saturated rings. The standard InChI is InChI=1S/C15H24N2O2S/c1-4-16-14-10-12(2)15(13(3)11-14)20(18,19)17-8-6-5-7-9-17/h10-11,16H,4-9H2,1-3H3. The molecule has 0 aliphatic carbocycles. The van der Waals surface area contributed by atoms with Gasteiger partial charge < -0.3 is 5.32 Å². The van der Waals surface area contributed by atoms with E-state index in [1.807, 2.05) is 32.9 Å². The van der Waals surface area contributed by atoms with Gasteiger partial charge in [0.25, 0.3) is 0 Å². The maximum atomic E-state index is 12.8. The fourth-order valence-corrected chi connectivity index (χ4v) is 4.83. The normalized spacial score (nSPS) is 17.1. The zero-order valence-electron chi connectivity index (χ0n) is 12.6. The van der Waals surface area contributed by atoms with Crippen LogP contribution in [-0.2, 0) is 10.0 Å². The third kappa shape index (κ3) is 2.99. The van der Waals surface area contributed by atoms with Gasteiger partial charge >= 0.3 is 0 Å². The Kier molecular flexibility index (Phi) is 4.70. The number of aryl methyl sites for hydroxylation is 2. The summed E-state index contributed by atoms with van der Waals surface area (Å²) in [6.45, 7) is 7.92. The summed E-state index contributed by atoms with van der Waals surface area (Å²) in [5.74, 6) is 0. The predicted octanol–water partition coefficient (Wildman–Crippen LogP) is 2.91. The van der Waals surface area contributed by atoms with E-state index in [1.165, 1.54) is 0 Å². The minimum absolute atomic E-state index is 0.487. The molecule has 1 saturated heterocycles. The molecule has 112 valence electrons. The van der Waals surface area contributed by atoms with Crippen molar-refractivity contribution in [3.05, 3.63) is 23.3 Å². The molecule has 2 rings (SSSR count). The summed E-state index contributed by atoms with van der Waals surface area (Å²) in [5.41, 5.74) is 2.64. The van der Waals surface area contributed by atoms with Gasteiger partial charge in [-0.05, 0) is 56.9 Å². The first-order chi connectivity index (χ1) is 9.46. The quantitative estimate of drug-likeness (QED) is 0.929. The molecule has 0 atom stereocenters. The van der Waals surface area contributed by atoms with E-state index in [9.17, 15) is 8.42 Å². The molecule has 0 amide bonds. The maximum Gasteiger partial charge on any atom is 0.243 e. The zero-order valence-corrected chi connectivity index (χ0v) is 13.4. The summed E-state index contributed by atoms with van der Waals surface area (Å²) in [6.07, 6.45) is 3.06. The first kappa shape index (κ1) is 15.3. The molecule has 1 aliphatic heterocycles. The smallest absolute Gasteiger partial charge is 0.243 e. The van der Waals surface area contributed by atoms with E-state index in [0.29, 0.717) is 18.0 Å². The van der Waals surface area contributed by atoms with Crippen LogP contribution in [0.1, 0.15) is 37.3 Å². The van der Waals surface area contributed by atoms with Crippen LogP contribution >= 0.6 is 0 Å². The molecule has 20 heavy (non-hydrogen) atoms. The Labute approximate surface area is 122 Å². The highest BCUT2D eigenvalue weighted by molar-refractivity contribution is 7.89. The summed E-state index contributed by atoms with van der Waals surface area (Å²) >= 11 is 0. The Balaban J connectivity index is 2.40. The second-order valence-electron chi connectivity index (χ2n) is 5.43. The number of nitrogens with one attached hydrogen (secondary N) is 1. The number of benzene rings is 1. The number of nitrogens with zero attached hydrogens (tertiary/aromatic N) is 1. The average molecular weight is 296 g/mol. The fourth-order valence-electron chi connectivity index (χ4n) is 2.90. The van der Waals surface area contributed by atoms with E-state index in [1.54, 1.807) is 4.31 Å². The van der Waals surface area contributed by atoms with Gasteiger partial charge in [-0.3, -0.25) is 0 Å². The van der Waals surface area contributed by atoms with Gasteiger partial charge in [0.2, 0.25) is 10.0 Å². The molecule has 0 spiro atoms. The van der Waals surface area contributed by atoms with Crippen molar-refractivity contribution in [1.82, 2.24) is 4.31 Å². The lowest BCUT2D eigenvalue weighted by Gasteiger charge is -2.27. The third-order valence-electron chi connectivity index (χ3n) is 3.75. The lowest BCUT2D eigenvalue weighted by Crippen LogP contribution is -2.36. The van der Waals surface area contributed by atoms with E-state index in [0.717, 1.165) is 42.6 Å². The number of sulfonamides is 1. The van der Waals surface area contributed by atoms with Gasteiger partial charge in [-0.15, -0.1) is 0 Å². The van der Waals surface area contributed by atoms with Gasteiger partial charge in [0.05, 0.1) is 4.90 Å². The van der Waals surface area contributed by atoms with Gasteiger partial charge in [0, 0.05) is 25.3 Å². The molecule has 0 radical (unpaired) electrons. The van der Waals surface area contributed by atoms with Crippen LogP contribution in [0.25, 0.3) is 0 Å². The van der Waals surface area contributed by atoms with Crippen molar-refractivity contribution in [1.29, 1.82) is 0 Å². The van der Waals surface area contributed by atoms with E-state index in [-0.39, 0.29) is 0 Å². The highest BCUT2D eigenvalue weighted by atomic mass is 32.2. The third-order valence-corrected chi connectivity index (χ3v) is 5.96. The number of piperidine rings is 1. The lowest BCUT2D eigenvalue weighted by molar-refractivity contribution is 0.346. The van der Waals surface area contributed by atoms with E-state index >= 15 is 0 Å². The van der Waals surface area contributed by atoms with Crippen molar-refractivity contribution in [2.75, 3.05) is 25.0 Å². The molecule has 4 nitrogen and oxygen atoms in total. The number of rotatable bonds is 4. The van der Waals surface area contributed by atoms with Crippen LogP contribution in [0.5, 0.6) is 0 Å². The zero-order chi connectivity index (χ0) is 14.8. The van der Waals surface area contributed by atoms with Crippen LogP contribution in [0.2, 0.25) is 0 Å². The Morgan fingerprint density at radius 2 is 1.65 bits per heavy atom. The number of anilines is 1. The van der Waals surface area contributed by atoms with Crippen LogP contribution in [0.15, 0.2) is 17.0 Å². The number of hydrogen-bond donors (Lipinski definition) is 1. The monoisotopic (exact) mass is 296 g/mol. The van der Waals surface area contributed by atoms with Gasteiger partial charge in [-0.2, -0.15) is 4.31 Å². The van der Waals surface area contributed by atoms with Crippen molar-refractivity contribution in [3.8, 4) is 0 Å². The lowest BCUT2D eigenvalue weighted by atomic mass is 10.1. The van der Waals surface area contributed by atoms with Crippen LogP contribution in [0.4, 0.5) is 5.69 Å². The largest absolute Gasteiger partial charge is 0.385 e. The fraction of sp³-hybridized carbons (Fsp3) is 0.600. The molecule has 0 bridgehead atoms. The van der Waals surface area contributed by atoms with Crippen molar-refractivity contribution in [2.24, 2.45) is 0 Å². The Hall–Kier alpha value is -1.07.